The van der Waals surface area contributed by atoms with Crippen LogP contribution in [0, 0.1) is 23.7 Å². The normalized spacial score (nSPS) is 26.8. The monoisotopic (exact) mass is 440 g/mol. The number of carbonyl (C=O) groups excluding carboxylic acids is 2. The standard InChI is InChI=1S/C23H18Cl2N2O3/c24-17-8-7-16(18(25)10-17)12-30-19-4-2-1-3-15(19)11-26-27-22(28)20-13-5-6-14(9-13)21(20)23(27)29/h1-8,10-11,13-14,20-21H,9,12H2/b26-11-/t13-,14-,20-,21+/m0/s1. The van der Waals surface area contributed by atoms with Crippen LogP contribution in [0.1, 0.15) is 17.5 Å². The lowest BCUT2D eigenvalue weighted by molar-refractivity contribution is -0.140. The van der Waals surface area contributed by atoms with Crippen molar-refractivity contribution in [1.82, 2.24) is 5.01 Å². The molecular formula is C23H18Cl2N2O3. The number of allylic oxidation sites excluding steroid dienone is 2. The van der Waals surface area contributed by atoms with Crippen molar-refractivity contribution in [3.63, 3.8) is 0 Å². The topological polar surface area (TPSA) is 59.0 Å². The summed E-state index contributed by atoms with van der Waals surface area (Å²) in [4.78, 5) is 25.5. The first-order valence-corrected chi connectivity index (χ1v) is 10.5. The second kappa shape index (κ2) is 7.56. The molecule has 0 aromatic heterocycles. The van der Waals surface area contributed by atoms with E-state index >= 15 is 0 Å². The Kier molecular flexibility index (Phi) is 4.88. The van der Waals surface area contributed by atoms with E-state index < -0.39 is 0 Å². The summed E-state index contributed by atoms with van der Waals surface area (Å²) in [5.74, 6) is -0.0265. The number of para-hydroxylation sites is 1. The minimum absolute atomic E-state index is 0.163. The molecule has 2 bridgehead atoms. The highest BCUT2D eigenvalue weighted by Gasteiger charge is 2.59. The molecule has 1 heterocycles. The number of amides is 2. The van der Waals surface area contributed by atoms with Gasteiger partial charge in [-0.25, -0.2) is 0 Å². The number of ether oxygens (including phenoxy) is 1. The molecule has 2 fully saturated rings. The van der Waals surface area contributed by atoms with E-state index in [1.54, 1.807) is 18.2 Å². The van der Waals surface area contributed by atoms with Crippen LogP contribution < -0.4 is 4.74 Å². The predicted octanol–water partition coefficient (Wildman–Crippen LogP) is 4.71. The van der Waals surface area contributed by atoms with E-state index in [0.717, 1.165) is 17.0 Å². The zero-order chi connectivity index (χ0) is 20.8. The molecule has 0 N–H and O–H groups in total. The summed E-state index contributed by atoms with van der Waals surface area (Å²) in [6, 6.07) is 12.5. The van der Waals surface area contributed by atoms with Gasteiger partial charge in [0.05, 0.1) is 18.1 Å². The number of fused-ring (bicyclic) bond motifs is 5. The van der Waals surface area contributed by atoms with Crippen molar-refractivity contribution in [1.29, 1.82) is 0 Å². The molecule has 0 radical (unpaired) electrons. The maximum Gasteiger partial charge on any atom is 0.254 e. The molecule has 2 aromatic carbocycles. The Hall–Kier alpha value is -2.63. The highest BCUT2D eigenvalue weighted by Crippen LogP contribution is 2.52. The highest BCUT2D eigenvalue weighted by atomic mass is 35.5. The first-order valence-electron chi connectivity index (χ1n) is 9.79. The van der Waals surface area contributed by atoms with Gasteiger partial charge in [-0.2, -0.15) is 10.1 Å². The Morgan fingerprint density at radius 2 is 1.73 bits per heavy atom. The molecule has 4 atom stereocenters. The van der Waals surface area contributed by atoms with Gasteiger partial charge in [0, 0.05) is 21.2 Å². The maximum atomic E-state index is 12.8. The second-order valence-corrected chi connectivity index (χ2v) is 8.64. The third-order valence-corrected chi connectivity index (χ3v) is 6.66. The molecule has 7 heteroatoms. The van der Waals surface area contributed by atoms with Crippen LogP contribution in [0.25, 0.3) is 0 Å². The number of nitrogens with zero attached hydrogens (tertiary/aromatic N) is 2. The largest absolute Gasteiger partial charge is 0.488 e. The van der Waals surface area contributed by atoms with Crippen LogP contribution in [0.3, 0.4) is 0 Å². The van der Waals surface area contributed by atoms with Gasteiger partial charge < -0.3 is 4.74 Å². The molecule has 5 rings (SSSR count). The molecular weight excluding hydrogens is 423 g/mol. The van der Waals surface area contributed by atoms with E-state index in [4.69, 9.17) is 27.9 Å². The van der Waals surface area contributed by atoms with Crippen LogP contribution in [0.4, 0.5) is 0 Å². The first kappa shape index (κ1) is 19.3. The smallest absolute Gasteiger partial charge is 0.254 e. The van der Waals surface area contributed by atoms with Gasteiger partial charge in [-0.15, -0.1) is 0 Å². The maximum absolute atomic E-state index is 12.8. The summed E-state index contributed by atoms with van der Waals surface area (Å²) >= 11 is 12.1. The van der Waals surface area contributed by atoms with Crippen molar-refractivity contribution in [2.24, 2.45) is 28.8 Å². The molecule has 2 amide bonds. The Balaban J connectivity index is 1.33. The minimum Gasteiger partial charge on any atom is -0.488 e. The summed E-state index contributed by atoms with van der Waals surface area (Å²) in [5, 5.41) is 6.36. The number of hydrogen-bond acceptors (Lipinski definition) is 4. The van der Waals surface area contributed by atoms with Crippen LogP contribution in [-0.4, -0.2) is 23.0 Å². The zero-order valence-electron chi connectivity index (χ0n) is 15.9. The van der Waals surface area contributed by atoms with Crippen molar-refractivity contribution >= 4 is 41.2 Å². The van der Waals surface area contributed by atoms with Gasteiger partial charge in [0.15, 0.2) is 0 Å². The van der Waals surface area contributed by atoms with Gasteiger partial charge in [-0.3, -0.25) is 9.59 Å². The lowest BCUT2D eigenvalue weighted by atomic mass is 9.85. The number of rotatable bonds is 5. The molecule has 5 nitrogen and oxygen atoms in total. The van der Waals surface area contributed by atoms with Gasteiger partial charge in [-0.1, -0.05) is 53.6 Å². The fraction of sp³-hybridized carbons (Fsp3) is 0.261. The van der Waals surface area contributed by atoms with E-state index in [1.807, 2.05) is 24.3 Å². The molecule has 1 aliphatic heterocycles. The molecule has 3 aliphatic rings. The van der Waals surface area contributed by atoms with Crippen LogP contribution in [0.15, 0.2) is 59.7 Å². The number of benzene rings is 2. The van der Waals surface area contributed by atoms with Crippen LogP contribution in [0.2, 0.25) is 10.0 Å². The highest BCUT2D eigenvalue weighted by molar-refractivity contribution is 6.35. The van der Waals surface area contributed by atoms with Crippen LogP contribution in [-0.2, 0) is 16.2 Å². The fourth-order valence-corrected chi connectivity index (χ4v) is 5.10. The average molecular weight is 441 g/mol. The molecule has 1 saturated carbocycles. The van der Waals surface area contributed by atoms with Crippen LogP contribution in [0.5, 0.6) is 5.75 Å². The fourth-order valence-electron chi connectivity index (χ4n) is 4.63. The molecule has 1 saturated heterocycles. The van der Waals surface area contributed by atoms with Gasteiger partial charge in [0.1, 0.15) is 12.4 Å². The van der Waals surface area contributed by atoms with E-state index in [-0.39, 0.29) is 42.1 Å². The lowest BCUT2D eigenvalue weighted by Crippen LogP contribution is -2.28. The van der Waals surface area contributed by atoms with E-state index in [1.165, 1.54) is 6.21 Å². The number of halogens is 2. The Labute approximate surface area is 183 Å². The third-order valence-electron chi connectivity index (χ3n) is 6.08. The molecule has 0 spiro atoms. The van der Waals surface area contributed by atoms with Crippen molar-refractivity contribution in [3.05, 3.63) is 75.8 Å². The third kappa shape index (κ3) is 3.22. The predicted molar refractivity (Wildman–Crippen MR) is 114 cm³/mol. The molecule has 30 heavy (non-hydrogen) atoms. The number of hydrogen-bond donors (Lipinski definition) is 0. The molecule has 152 valence electrons. The zero-order valence-corrected chi connectivity index (χ0v) is 17.4. The molecule has 2 aliphatic carbocycles. The van der Waals surface area contributed by atoms with Crippen molar-refractivity contribution in [2.75, 3.05) is 0 Å². The molecule has 0 unspecified atom stereocenters. The SMILES string of the molecule is O=C1[C@@H]2[C@H](C(=O)N1/N=C\c1ccccc1OCc1ccc(Cl)cc1Cl)[C@H]1C=C[C@H]2C1. The quantitative estimate of drug-likeness (QED) is 0.384. The van der Waals surface area contributed by atoms with Gasteiger partial charge in [0.25, 0.3) is 11.8 Å². The number of imide groups is 1. The van der Waals surface area contributed by atoms with E-state index in [9.17, 15) is 9.59 Å². The summed E-state index contributed by atoms with van der Waals surface area (Å²) in [6.07, 6.45) is 6.53. The van der Waals surface area contributed by atoms with E-state index in [0.29, 0.717) is 21.4 Å². The van der Waals surface area contributed by atoms with Crippen molar-refractivity contribution in [3.8, 4) is 5.75 Å². The Morgan fingerprint density at radius 1 is 1.03 bits per heavy atom. The summed E-state index contributed by atoms with van der Waals surface area (Å²) in [7, 11) is 0. The Morgan fingerprint density at radius 3 is 2.43 bits per heavy atom. The summed E-state index contributed by atoms with van der Waals surface area (Å²) in [6.45, 7) is 0.252. The molecule has 2 aromatic rings. The van der Waals surface area contributed by atoms with Crippen LogP contribution >= 0.6 is 23.2 Å². The average Bonchev–Trinajstić information content (AvgIpc) is 3.41. The summed E-state index contributed by atoms with van der Waals surface area (Å²) < 4.78 is 5.91. The van der Waals surface area contributed by atoms with Gasteiger partial charge in [0.2, 0.25) is 0 Å². The minimum atomic E-state index is -0.261. The second-order valence-electron chi connectivity index (χ2n) is 7.79. The number of carbonyl (C=O) groups is 2. The van der Waals surface area contributed by atoms with Gasteiger partial charge in [-0.05, 0) is 42.5 Å². The van der Waals surface area contributed by atoms with Crippen molar-refractivity contribution in [2.45, 2.75) is 13.0 Å². The summed E-state index contributed by atoms with van der Waals surface area (Å²) in [5.41, 5.74) is 1.47. The number of hydrazone groups is 1. The van der Waals surface area contributed by atoms with E-state index in [2.05, 4.69) is 17.3 Å². The lowest BCUT2D eigenvalue weighted by Gasteiger charge is -2.13. The van der Waals surface area contributed by atoms with Crippen molar-refractivity contribution < 1.29 is 14.3 Å². The Bertz CT molecular complexity index is 1070. The van der Waals surface area contributed by atoms with Gasteiger partial charge >= 0.3 is 0 Å². The first-order chi connectivity index (χ1) is 14.5.